The Morgan fingerprint density at radius 3 is 2.61 bits per heavy atom. The van der Waals surface area contributed by atoms with Gasteiger partial charge in [-0.25, -0.2) is 0 Å². The predicted octanol–water partition coefficient (Wildman–Crippen LogP) is 1.62. The van der Waals surface area contributed by atoms with Gasteiger partial charge in [-0.3, -0.25) is 10.3 Å². The Kier molecular flexibility index (Phi) is 4.20. The summed E-state index contributed by atoms with van der Waals surface area (Å²) in [5.41, 5.74) is 7.40. The van der Waals surface area contributed by atoms with Crippen LogP contribution in [0.5, 0.6) is 0 Å². The van der Waals surface area contributed by atoms with E-state index in [1.165, 1.54) is 13.0 Å². The Hall–Kier alpha value is -1.55. The second kappa shape index (κ2) is 5.87. The number of hydrogen-bond donors (Lipinski definition) is 2. The molecule has 0 saturated carbocycles. The van der Waals surface area contributed by atoms with Crippen LogP contribution >= 0.6 is 0 Å². The fraction of sp³-hybridized carbons (Fsp3) is 0.500. The molecule has 0 aromatic heterocycles. The van der Waals surface area contributed by atoms with E-state index in [1.807, 2.05) is 24.3 Å². The number of anilines is 1. The Morgan fingerprint density at radius 2 is 2.00 bits per heavy atom. The maximum atomic E-state index is 8.24. The van der Waals surface area contributed by atoms with E-state index in [1.54, 1.807) is 0 Å². The molecule has 2 rings (SSSR count). The standard InChI is InChI=1S/C14H22N4/c1-2-6-17-7-9-18(10-8-17)14(16)12-4-3-5-13(15)11-12/h3-5,11,16H,2,6-10,15H2,1H3. The van der Waals surface area contributed by atoms with Crippen LogP contribution in [0.15, 0.2) is 24.3 Å². The van der Waals surface area contributed by atoms with E-state index in [-0.39, 0.29) is 0 Å². The van der Waals surface area contributed by atoms with E-state index in [0.29, 0.717) is 5.84 Å². The molecule has 3 N–H and O–H groups in total. The number of hydrogen-bond acceptors (Lipinski definition) is 3. The molecule has 0 radical (unpaired) electrons. The summed E-state index contributed by atoms with van der Waals surface area (Å²) in [6.45, 7) is 7.36. The second-order valence-corrected chi connectivity index (χ2v) is 4.80. The van der Waals surface area contributed by atoms with Crippen LogP contribution in [0.1, 0.15) is 18.9 Å². The Bertz CT molecular complexity index is 408. The fourth-order valence-electron chi connectivity index (χ4n) is 2.38. The average Bonchev–Trinajstić information content (AvgIpc) is 2.39. The highest BCUT2D eigenvalue weighted by molar-refractivity contribution is 5.97. The maximum Gasteiger partial charge on any atom is 0.128 e. The lowest BCUT2D eigenvalue weighted by atomic mass is 10.1. The van der Waals surface area contributed by atoms with Crippen molar-refractivity contribution in [1.29, 1.82) is 5.41 Å². The van der Waals surface area contributed by atoms with Gasteiger partial charge in [0.15, 0.2) is 0 Å². The second-order valence-electron chi connectivity index (χ2n) is 4.80. The van der Waals surface area contributed by atoms with Crippen LogP contribution in [0.2, 0.25) is 0 Å². The molecule has 18 heavy (non-hydrogen) atoms. The number of rotatable bonds is 3. The van der Waals surface area contributed by atoms with Crippen LogP contribution < -0.4 is 5.73 Å². The molecule has 1 heterocycles. The quantitative estimate of drug-likeness (QED) is 0.484. The van der Waals surface area contributed by atoms with Crippen molar-refractivity contribution in [2.45, 2.75) is 13.3 Å². The summed E-state index contributed by atoms with van der Waals surface area (Å²) in [7, 11) is 0. The van der Waals surface area contributed by atoms with Gasteiger partial charge in [0.1, 0.15) is 5.84 Å². The Labute approximate surface area is 109 Å². The van der Waals surface area contributed by atoms with Crippen molar-refractivity contribution >= 4 is 11.5 Å². The Morgan fingerprint density at radius 1 is 1.28 bits per heavy atom. The molecule has 0 atom stereocenters. The first-order chi connectivity index (χ1) is 8.70. The summed E-state index contributed by atoms with van der Waals surface area (Å²) in [6.07, 6.45) is 1.20. The minimum absolute atomic E-state index is 0.596. The van der Waals surface area contributed by atoms with Crippen LogP contribution in [0, 0.1) is 5.41 Å². The molecule has 0 unspecified atom stereocenters. The van der Waals surface area contributed by atoms with E-state index in [9.17, 15) is 0 Å². The molecule has 1 fully saturated rings. The molecule has 0 aliphatic carbocycles. The molecule has 1 aliphatic rings. The average molecular weight is 246 g/mol. The first-order valence-corrected chi connectivity index (χ1v) is 6.62. The third kappa shape index (κ3) is 3.01. The van der Waals surface area contributed by atoms with Crippen molar-refractivity contribution in [3.05, 3.63) is 29.8 Å². The number of nitrogens with zero attached hydrogens (tertiary/aromatic N) is 2. The molecule has 0 amide bonds. The highest BCUT2D eigenvalue weighted by atomic mass is 15.3. The summed E-state index contributed by atoms with van der Waals surface area (Å²) < 4.78 is 0. The van der Waals surface area contributed by atoms with Gasteiger partial charge in [0.25, 0.3) is 0 Å². The van der Waals surface area contributed by atoms with Crippen LogP contribution in [-0.4, -0.2) is 48.4 Å². The molecular formula is C14H22N4. The van der Waals surface area contributed by atoms with Crippen molar-refractivity contribution in [2.75, 3.05) is 38.5 Å². The van der Waals surface area contributed by atoms with Crippen LogP contribution in [-0.2, 0) is 0 Å². The van der Waals surface area contributed by atoms with Crippen molar-refractivity contribution in [1.82, 2.24) is 9.80 Å². The normalized spacial score (nSPS) is 16.8. The fourth-order valence-corrected chi connectivity index (χ4v) is 2.38. The third-order valence-electron chi connectivity index (χ3n) is 3.39. The minimum Gasteiger partial charge on any atom is -0.399 e. The number of benzene rings is 1. The van der Waals surface area contributed by atoms with Gasteiger partial charge in [0.05, 0.1) is 0 Å². The molecule has 98 valence electrons. The van der Waals surface area contributed by atoms with E-state index < -0.39 is 0 Å². The van der Waals surface area contributed by atoms with Crippen LogP contribution in [0.25, 0.3) is 0 Å². The van der Waals surface area contributed by atoms with Gasteiger partial charge >= 0.3 is 0 Å². The van der Waals surface area contributed by atoms with Gasteiger partial charge < -0.3 is 10.6 Å². The molecule has 0 bridgehead atoms. The van der Waals surface area contributed by atoms with Gasteiger partial charge in [-0.1, -0.05) is 19.1 Å². The molecular weight excluding hydrogens is 224 g/mol. The predicted molar refractivity (Wildman–Crippen MR) is 76.0 cm³/mol. The molecule has 0 spiro atoms. The SMILES string of the molecule is CCCN1CCN(C(=N)c2cccc(N)c2)CC1. The first-order valence-electron chi connectivity index (χ1n) is 6.62. The van der Waals surface area contributed by atoms with Crippen LogP contribution in [0.4, 0.5) is 5.69 Å². The molecule has 1 aliphatic heterocycles. The van der Waals surface area contributed by atoms with Crippen molar-refractivity contribution in [3.8, 4) is 0 Å². The summed E-state index contributed by atoms with van der Waals surface area (Å²) in [6, 6.07) is 7.60. The maximum absolute atomic E-state index is 8.24. The van der Waals surface area contributed by atoms with E-state index in [0.717, 1.165) is 37.4 Å². The molecule has 1 aromatic rings. The molecule has 1 saturated heterocycles. The summed E-state index contributed by atoms with van der Waals surface area (Å²) in [5.74, 6) is 0.596. The van der Waals surface area contributed by atoms with Gasteiger partial charge in [-0.2, -0.15) is 0 Å². The lowest BCUT2D eigenvalue weighted by Crippen LogP contribution is -2.48. The van der Waals surface area contributed by atoms with Gasteiger partial charge in [0.2, 0.25) is 0 Å². The van der Waals surface area contributed by atoms with Gasteiger partial charge in [0, 0.05) is 37.4 Å². The molecule has 4 nitrogen and oxygen atoms in total. The third-order valence-corrected chi connectivity index (χ3v) is 3.39. The zero-order valence-corrected chi connectivity index (χ0v) is 11.0. The summed E-state index contributed by atoms with van der Waals surface area (Å²) >= 11 is 0. The molecule has 1 aromatic carbocycles. The molecule has 4 heteroatoms. The monoisotopic (exact) mass is 246 g/mol. The summed E-state index contributed by atoms with van der Waals surface area (Å²) in [5, 5.41) is 8.24. The van der Waals surface area contributed by atoms with E-state index in [2.05, 4.69) is 16.7 Å². The zero-order chi connectivity index (χ0) is 13.0. The number of nitrogens with one attached hydrogen (secondary N) is 1. The highest BCUT2D eigenvalue weighted by Crippen LogP contribution is 2.11. The van der Waals surface area contributed by atoms with Crippen molar-refractivity contribution in [3.63, 3.8) is 0 Å². The minimum atomic E-state index is 0.596. The Balaban J connectivity index is 1.95. The first kappa shape index (κ1) is 12.9. The number of nitrogens with two attached hydrogens (primary N) is 1. The number of nitrogen functional groups attached to an aromatic ring is 1. The van der Waals surface area contributed by atoms with E-state index >= 15 is 0 Å². The van der Waals surface area contributed by atoms with E-state index in [4.69, 9.17) is 11.1 Å². The largest absolute Gasteiger partial charge is 0.399 e. The topological polar surface area (TPSA) is 56.4 Å². The summed E-state index contributed by atoms with van der Waals surface area (Å²) in [4.78, 5) is 4.60. The lowest BCUT2D eigenvalue weighted by Gasteiger charge is -2.36. The number of piperazine rings is 1. The number of amidine groups is 1. The van der Waals surface area contributed by atoms with Gasteiger partial charge in [-0.05, 0) is 25.1 Å². The lowest BCUT2D eigenvalue weighted by molar-refractivity contribution is 0.182. The van der Waals surface area contributed by atoms with Gasteiger partial charge in [-0.15, -0.1) is 0 Å². The van der Waals surface area contributed by atoms with Crippen LogP contribution in [0.3, 0.4) is 0 Å². The van der Waals surface area contributed by atoms with Crippen molar-refractivity contribution < 1.29 is 0 Å². The zero-order valence-electron chi connectivity index (χ0n) is 11.0. The smallest absolute Gasteiger partial charge is 0.128 e. The highest BCUT2D eigenvalue weighted by Gasteiger charge is 2.19. The van der Waals surface area contributed by atoms with Crippen molar-refractivity contribution in [2.24, 2.45) is 0 Å².